The SMILES string of the molecule is CNC(=O)C(C)(C)/C=C/[C@H](N)Cc1c[nH]c2ccccc12. The molecule has 0 bridgehead atoms. The van der Waals surface area contributed by atoms with Crippen LogP contribution < -0.4 is 11.1 Å². The molecule has 4 heteroatoms. The molecule has 2 rings (SSSR count). The van der Waals surface area contributed by atoms with Gasteiger partial charge in [0.1, 0.15) is 0 Å². The predicted octanol–water partition coefficient (Wildman–Crippen LogP) is 2.37. The van der Waals surface area contributed by atoms with E-state index in [1.165, 1.54) is 10.9 Å². The van der Waals surface area contributed by atoms with Gasteiger partial charge in [0.15, 0.2) is 0 Å². The van der Waals surface area contributed by atoms with E-state index in [2.05, 4.69) is 22.4 Å². The Bertz CT molecular complexity index is 655. The maximum Gasteiger partial charge on any atom is 0.229 e. The summed E-state index contributed by atoms with van der Waals surface area (Å²) in [7, 11) is 1.64. The van der Waals surface area contributed by atoms with E-state index in [9.17, 15) is 4.79 Å². The van der Waals surface area contributed by atoms with Gasteiger partial charge in [-0.3, -0.25) is 4.79 Å². The van der Waals surface area contributed by atoms with Gasteiger partial charge < -0.3 is 16.0 Å². The van der Waals surface area contributed by atoms with Crippen LogP contribution in [0, 0.1) is 5.41 Å². The van der Waals surface area contributed by atoms with Crippen molar-refractivity contribution in [3.05, 3.63) is 48.2 Å². The fourth-order valence-electron chi connectivity index (χ4n) is 2.38. The Kier molecular flexibility index (Phi) is 4.48. The molecular weight excluding hydrogens is 262 g/mol. The van der Waals surface area contributed by atoms with Gasteiger partial charge in [-0.05, 0) is 31.9 Å². The quantitative estimate of drug-likeness (QED) is 0.738. The molecule has 0 unspecified atom stereocenters. The van der Waals surface area contributed by atoms with Gasteiger partial charge in [0.2, 0.25) is 5.91 Å². The van der Waals surface area contributed by atoms with Crippen molar-refractivity contribution in [3.63, 3.8) is 0 Å². The maximum absolute atomic E-state index is 11.7. The second-order valence-corrected chi connectivity index (χ2v) is 5.89. The van der Waals surface area contributed by atoms with Crippen LogP contribution in [0.25, 0.3) is 10.9 Å². The minimum atomic E-state index is -0.549. The second kappa shape index (κ2) is 6.14. The van der Waals surface area contributed by atoms with Gasteiger partial charge in [0, 0.05) is 30.2 Å². The van der Waals surface area contributed by atoms with Crippen LogP contribution in [-0.4, -0.2) is 24.0 Å². The molecule has 2 aromatic rings. The lowest BCUT2D eigenvalue weighted by molar-refractivity contribution is -0.126. The number of hydrogen-bond acceptors (Lipinski definition) is 2. The van der Waals surface area contributed by atoms with Gasteiger partial charge in [-0.25, -0.2) is 0 Å². The van der Waals surface area contributed by atoms with E-state index in [4.69, 9.17) is 5.73 Å². The summed E-state index contributed by atoms with van der Waals surface area (Å²) in [5, 5.41) is 3.86. The number of para-hydroxylation sites is 1. The van der Waals surface area contributed by atoms with Crippen LogP contribution in [0.5, 0.6) is 0 Å². The van der Waals surface area contributed by atoms with Crippen LogP contribution in [-0.2, 0) is 11.2 Å². The highest BCUT2D eigenvalue weighted by molar-refractivity contribution is 5.84. The summed E-state index contributed by atoms with van der Waals surface area (Å²) in [5.41, 5.74) is 7.94. The van der Waals surface area contributed by atoms with Crippen LogP contribution in [0.15, 0.2) is 42.6 Å². The molecule has 1 atom stereocenters. The van der Waals surface area contributed by atoms with E-state index in [-0.39, 0.29) is 11.9 Å². The number of nitrogens with two attached hydrogens (primary N) is 1. The predicted molar refractivity (Wildman–Crippen MR) is 87.0 cm³/mol. The molecule has 4 N–H and O–H groups in total. The molecular formula is C17H23N3O. The summed E-state index contributed by atoms with van der Waals surface area (Å²) in [6.45, 7) is 3.75. The van der Waals surface area contributed by atoms with Crippen molar-refractivity contribution in [2.45, 2.75) is 26.3 Å². The molecule has 1 amide bonds. The highest BCUT2D eigenvalue weighted by Gasteiger charge is 2.23. The highest BCUT2D eigenvalue weighted by atomic mass is 16.2. The molecule has 1 heterocycles. The van der Waals surface area contributed by atoms with E-state index >= 15 is 0 Å². The highest BCUT2D eigenvalue weighted by Crippen LogP contribution is 2.20. The molecule has 0 saturated heterocycles. The van der Waals surface area contributed by atoms with Crippen molar-refractivity contribution in [2.75, 3.05) is 7.05 Å². The summed E-state index contributed by atoms with van der Waals surface area (Å²) in [5.74, 6) is -0.0157. The average molecular weight is 285 g/mol. The Morgan fingerprint density at radius 3 is 2.86 bits per heavy atom. The molecule has 0 aliphatic carbocycles. The number of aromatic amines is 1. The molecule has 0 fully saturated rings. The number of aromatic nitrogens is 1. The lowest BCUT2D eigenvalue weighted by Crippen LogP contribution is -2.33. The molecule has 0 spiro atoms. The number of fused-ring (bicyclic) bond motifs is 1. The zero-order valence-electron chi connectivity index (χ0n) is 12.8. The molecule has 1 aromatic carbocycles. The Balaban J connectivity index is 2.08. The Morgan fingerprint density at radius 1 is 1.43 bits per heavy atom. The summed E-state index contributed by atoms with van der Waals surface area (Å²) >= 11 is 0. The number of benzene rings is 1. The van der Waals surface area contributed by atoms with Crippen molar-refractivity contribution < 1.29 is 4.79 Å². The topological polar surface area (TPSA) is 70.9 Å². The monoisotopic (exact) mass is 285 g/mol. The average Bonchev–Trinajstić information content (AvgIpc) is 2.88. The van der Waals surface area contributed by atoms with E-state index in [1.807, 2.05) is 44.3 Å². The number of H-pyrrole nitrogens is 1. The van der Waals surface area contributed by atoms with E-state index in [1.54, 1.807) is 7.05 Å². The van der Waals surface area contributed by atoms with Gasteiger partial charge >= 0.3 is 0 Å². The number of amides is 1. The van der Waals surface area contributed by atoms with Crippen LogP contribution >= 0.6 is 0 Å². The summed E-state index contributed by atoms with van der Waals surface area (Å²) in [6, 6.07) is 8.05. The third-order valence-corrected chi connectivity index (χ3v) is 3.70. The fraction of sp³-hybridized carbons (Fsp3) is 0.353. The minimum absolute atomic E-state index is 0.0157. The second-order valence-electron chi connectivity index (χ2n) is 5.89. The van der Waals surface area contributed by atoms with Crippen molar-refractivity contribution in [1.29, 1.82) is 0 Å². The Labute approximate surface area is 125 Å². The number of nitrogens with one attached hydrogen (secondary N) is 2. The number of carbonyl (C=O) groups is 1. The van der Waals surface area contributed by atoms with Crippen molar-refractivity contribution in [2.24, 2.45) is 11.1 Å². The van der Waals surface area contributed by atoms with Gasteiger partial charge in [-0.2, -0.15) is 0 Å². The molecule has 0 radical (unpaired) electrons. The molecule has 4 nitrogen and oxygen atoms in total. The van der Waals surface area contributed by atoms with E-state index in [0.717, 1.165) is 11.9 Å². The normalized spacial score (nSPS) is 13.7. The number of rotatable bonds is 5. The summed E-state index contributed by atoms with van der Waals surface area (Å²) in [6.07, 6.45) is 6.54. The van der Waals surface area contributed by atoms with Gasteiger partial charge in [0.25, 0.3) is 0 Å². The van der Waals surface area contributed by atoms with Crippen LogP contribution in [0.4, 0.5) is 0 Å². The third-order valence-electron chi connectivity index (χ3n) is 3.70. The zero-order chi connectivity index (χ0) is 15.5. The zero-order valence-corrected chi connectivity index (χ0v) is 12.8. The summed E-state index contributed by atoms with van der Waals surface area (Å²) in [4.78, 5) is 15.0. The lowest BCUT2D eigenvalue weighted by atomic mass is 9.90. The van der Waals surface area contributed by atoms with Gasteiger partial charge in [0.05, 0.1) is 5.41 Å². The fourth-order valence-corrected chi connectivity index (χ4v) is 2.38. The first kappa shape index (κ1) is 15.3. The first-order valence-electron chi connectivity index (χ1n) is 7.16. The van der Waals surface area contributed by atoms with E-state index in [0.29, 0.717) is 0 Å². The van der Waals surface area contributed by atoms with Crippen molar-refractivity contribution in [1.82, 2.24) is 10.3 Å². The largest absolute Gasteiger partial charge is 0.361 e. The first-order valence-corrected chi connectivity index (χ1v) is 7.16. The maximum atomic E-state index is 11.7. The van der Waals surface area contributed by atoms with Crippen LogP contribution in [0.2, 0.25) is 0 Å². The van der Waals surface area contributed by atoms with Crippen LogP contribution in [0.1, 0.15) is 19.4 Å². The molecule has 0 saturated carbocycles. The molecule has 0 aliphatic heterocycles. The lowest BCUT2D eigenvalue weighted by Gasteiger charge is -2.18. The minimum Gasteiger partial charge on any atom is -0.361 e. The Hall–Kier alpha value is -2.07. The van der Waals surface area contributed by atoms with Gasteiger partial charge in [-0.1, -0.05) is 30.4 Å². The first-order chi connectivity index (χ1) is 9.94. The van der Waals surface area contributed by atoms with Gasteiger partial charge in [-0.15, -0.1) is 0 Å². The smallest absolute Gasteiger partial charge is 0.229 e. The number of hydrogen-bond donors (Lipinski definition) is 3. The van der Waals surface area contributed by atoms with Crippen LogP contribution in [0.3, 0.4) is 0 Å². The van der Waals surface area contributed by atoms with E-state index < -0.39 is 5.41 Å². The van der Waals surface area contributed by atoms with Crippen molar-refractivity contribution >= 4 is 16.8 Å². The molecule has 112 valence electrons. The molecule has 21 heavy (non-hydrogen) atoms. The third kappa shape index (κ3) is 3.52. The Morgan fingerprint density at radius 2 is 2.14 bits per heavy atom. The number of carbonyl (C=O) groups excluding carboxylic acids is 1. The summed E-state index contributed by atoms with van der Waals surface area (Å²) < 4.78 is 0. The van der Waals surface area contributed by atoms with Crippen molar-refractivity contribution in [3.8, 4) is 0 Å². The molecule has 0 aliphatic rings. The molecule has 1 aromatic heterocycles. The standard InChI is InChI=1S/C17H23N3O/c1-17(2,16(21)19-3)9-8-13(18)10-12-11-20-15-7-5-4-6-14(12)15/h4-9,11,13,20H,10,18H2,1-3H3,(H,19,21)/b9-8+/t13-/m0/s1.